The molecule has 1 heterocycles. The summed E-state index contributed by atoms with van der Waals surface area (Å²) in [5, 5.41) is 7.10. The number of hydrogen-bond donors (Lipinski definition) is 1. The van der Waals surface area contributed by atoms with Crippen LogP contribution in [0.1, 0.15) is 22.3 Å². The van der Waals surface area contributed by atoms with Gasteiger partial charge in [0.2, 0.25) is 0 Å². The molecular formula is C27H24N4. The Bertz CT molecular complexity index is 1310. The molecule has 0 aromatic heterocycles. The Morgan fingerprint density at radius 1 is 0.742 bits per heavy atom. The number of nitrogens with one attached hydrogen (secondary N) is 1. The van der Waals surface area contributed by atoms with Gasteiger partial charge in [0.05, 0.1) is 11.4 Å². The van der Waals surface area contributed by atoms with Gasteiger partial charge in [-0.1, -0.05) is 72.3 Å². The van der Waals surface area contributed by atoms with Crippen LogP contribution in [0.25, 0.3) is 10.8 Å². The largest absolute Gasteiger partial charge is 0.378 e. The van der Waals surface area contributed by atoms with Gasteiger partial charge in [0.25, 0.3) is 0 Å². The predicted molar refractivity (Wildman–Crippen MR) is 131 cm³/mol. The van der Waals surface area contributed by atoms with Gasteiger partial charge < -0.3 is 4.90 Å². The van der Waals surface area contributed by atoms with Crippen molar-refractivity contribution in [3.8, 4) is 0 Å². The summed E-state index contributed by atoms with van der Waals surface area (Å²) < 4.78 is 0. The molecule has 1 aliphatic rings. The van der Waals surface area contributed by atoms with Crippen molar-refractivity contribution in [3.05, 3.63) is 107 Å². The number of hydrazone groups is 1. The summed E-state index contributed by atoms with van der Waals surface area (Å²) in [5.74, 6) is 0.748. The third-order valence-electron chi connectivity index (χ3n) is 5.64. The summed E-state index contributed by atoms with van der Waals surface area (Å²) in [6.45, 7) is 2.09. The van der Waals surface area contributed by atoms with Crippen LogP contribution in [-0.2, 0) is 0 Å². The summed E-state index contributed by atoms with van der Waals surface area (Å²) in [6.07, 6.45) is 0. The zero-order valence-corrected chi connectivity index (χ0v) is 17.9. The van der Waals surface area contributed by atoms with Gasteiger partial charge in [-0.2, -0.15) is 5.10 Å². The molecule has 1 N–H and O–H groups in total. The summed E-state index contributed by atoms with van der Waals surface area (Å²) in [6, 6.07) is 29.5. The lowest BCUT2D eigenvalue weighted by Gasteiger charge is -2.14. The second-order valence-electron chi connectivity index (χ2n) is 8.02. The van der Waals surface area contributed by atoms with E-state index in [4.69, 9.17) is 10.1 Å². The van der Waals surface area contributed by atoms with Crippen LogP contribution in [0.5, 0.6) is 0 Å². The molecule has 4 aromatic carbocycles. The molecule has 152 valence electrons. The Kier molecular flexibility index (Phi) is 4.75. The Morgan fingerprint density at radius 2 is 1.45 bits per heavy atom. The molecule has 0 bridgehead atoms. The number of hydrogen-bond acceptors (Lipinski definition) is 4. The Hall–Kier alpha value is -3.92. The minimum absolute atomic E-state index is 0.748. The van der Waals surface area contributed by atoms with Crippen molar-refractivity contribution in [3.63, 3.8) is 0 Å². The maximum absolute atomic E-state index is 5.07. The predicted octanol–water partition coefficient (Wildman–Crippen LogP) is 5.65. The van der Waals surface area contributed by atoms with Gasteiger partial charge in [-0.3, -0.25) is 5.43 Å². The molecular weight excluding hydrogens is 380 g/mol. The SMILES string of the molecule is Cc1ccc(C2=Nc3c(ccc4ccccc34)C(c3ccc(N(C)C)cc3)=NN2)cc1. The number of aryl methyl sites for hydroxylation is 1. The molecule has 1 aliphatic heterocycles. The monoisotopic (exact) mass is 404 g/mol. The number of anilines is 1. The van der Waals surface area contributed by atoms with Crippen molar-refractivity contribution in [2.45, 2.75) is 6.92 Å². The van der Waals surface area contributed by atoms with Gasteiger partial charge in [0.15, 0.2) is 5.84 Å². The van der Waals surface area contributed by atoms with E-state index < -0.39 is 0 Å². The number of amidine groups is 1. The van der Waals surface area contributed by atoms with Crippen LogP contribution in [0.4, 0.5) is 11.4 Å². The van der Waals surface area contributed by atoms with Crippen molar-refractivity contribution in [2.75, 3.05) is 19.0 Å². The molecule has 31 heavy (non-hydrogen) atoms. The van der Waals surface area contributed by atoms with Gasteiger partial charge >= 0.3 is 0 Å². The Morgan fingerprint density at radius 3 is 2.19 bits per heavy atom. The lowest BCUT2D eigenvalue weighted by molar-refractivity contribution is 1.03. The second kappa shape index (κ2) is 7.73. The summed E-state index contributed by atoms with van der Waals surface area (Å²) in [4.78, 5) is 7.17. The smallest absolute Gasteiger partial charge is 0.154 e. The lowest BCUT2D eigenvalue weighted by atomic mass is 9.96. The molecule has 0 atom stereocenters. The number of fused-ring (bicyclic) bond motifs is 3. The van der Waals surface area contributed by atoms with Gasteiger partial charge in [-0.25, -0.2) is 4.99 Å². The highest BCUT2D eigenvalue weighted by molar-refractivity contribution is 6.21. The molecule has 0 fully saturated rings. The van der Waals surface area contributed by atoms with E-state index in [0.717, 1.165) is 50.4 Å². The first-order chi connectivity index (χ1) is 15.1. The van der Waals surface area contributed by atoms with E-state index in [-0.39, 0.29) is 0 Å². The zero-order valence-electron chi connectivity index (χ0n) is 17.9. The van der Waals surface area contributed by atoms with Crippen LogP contribution in [0, 0.1) is 6.92 Å². The van der Waals surface area contributed by atoms with E-state index >= 15 is 0 Å². The van der Waals surface area contributed by atoms with Crippen LogP contribution in [0.3, 0.4) is 0 Å². The highest BCUT2D eigenvalue weighted by Crippen LogP contribution is 2.34. The average molecular weight is 405 g/mol. The van der Waals surface area contributed by atoms with E-state index in [2.05, 4.69) is 102 Å². The summed E-state index contributed by atoms with van der Waals surface area (Å²) >= 11 is 0. The molecule has 0 saturated heterocycles. The number of benzene rings is 4. The number of rotatable bonds is 3. The van der Waals surface area contributed by atoms with Crippen molar-refractivity contribution >= 4 is 33.7 Å². The van der Waals surface area contributed by atoms with Crippen molar-refractivity contribution in [2.24, 2.45) is 10.1 Å². The van der Waals surface area contributed by atoms with E-state index in [9.17, 15) is 0 Å². The van der Waals surface area contributed by atoms with Crippen LogP contribution in [-0.4, -0.2) is 25.6 Å². The Labute approximate surface area is 182 Å². The van der Waals surface area contributed by atoms with Crippen LogP contribution >= 0.6 is 0 Å². The van der Waals surface area contributed by atoms with Crippen LogP contribution in [0.2, 0.25) is 0 Å². The van der Waals surface area contributed by atoms with Crippen molar-refractivity contribution in [1.82, 2.24) is 5.43 Å². The second-order valence-corrected chi connectivity index (χ2v) is 8.02. The molecule has 0 saturated carbocycles. The van der Waals surface area contributed by atoms with E-state index in [1.54, 1.807) is 0 Å². The highest BCUT2D eigenvalue weighted by atomic mass is 15.3. The molecule has 0 radical (unpaired) electrons. The number of nitrogens with zero attached hydrogens (tertiary/aromatic N) is 3. The number of aliphatic imine (C=N–C) groups is 1. The van der Waals surface area contributed by atoms with Crippen molar-refractivity contribution in [1.29, 1.82) is 0 Å². The van der Waals surface area contributed by atoms with E-state index in [0.29, 0.717) is 0 Å². The first-order valence-corrected chi connectivity index (χ1v) is 10.4. The molecule has 0 spiro atoms. The molecule has 4 aromatic rings. The maximum atomic E-state index is 5.07. The van der Waals surface area contributed by atoms with Crippen LogP contribution in [0.15, 0.2) is 95.0 Å². The maximum Gasteiger partial charge on any atom is 0.154 e. The molecule has 0 amide bonds. The molecule has 4 heteroatoms. The fourth-order valence-corrected chi connectivity index (χ4v) is 3.85. The molecule has 4 nitrogen and oxygen atoms in total. The fourth-order valence-electron chi connectivity index (χ4n) is 3.85. The van der Waals surface area contributed by atoms with Gasteiger partial charge in [-0.05, 0) is 30.5 Å². The van der Waals surface area contributed by atoms with Crippen LogP contribution < -0.4 is 10.3 Å². The fraction of sp³-hybridized carbons (Fsp3) is 0.111. The zero-order chi connectivity index (χ0) is 21.4. The minimum atomic E-state index is 0.748. The summed E-state index contributed by atoms with van der Waals surface area (Å²) in [5.41, 5.74) is 10.5. The third-order valence-corrected chi connectivity index (χ3v) is 5.64. The standard InChI is InChI=1S/C27H24N4/c1-18-8-10-21(11-9-18)27-28-26-23-7-5-4-6-19(23)14-17-24(26)25(29-30-27)20-12-15-22(16-13-20)31(2)3/h4-17H,1-3H3,(H,28,30). The van der Waals surface area contributed by atoms with Gasteiger partial charge in [0, 0.05) is 41.9 Å². The molecule has 0 unspecified atom stereocenters. The van der Waals surface area contributed by atoms with E-state index in [1.807, 2.05) is 14.1 Å². The van der Waals surface area contributed by atoms with Crippen molar-refractivity contribution < 1.29 is 0 Å². The highest BCUT2D eigenvalue weighted by Gasteiger charge is 2.19. The average Bonchev–Trinajstić information content (AvgIpc) is 3.00. The Balaban J connectivity index is 1.71. The van der Waals surface area contributed by atoms with Gasteiger partial charge in [0.1, 0.15) is 0 Å². The first kappa shape index (κ1) is 19.1. The first-order valence-electron chi connectivity index (χ1n) is 10.4. The topological polar surface area (TPSA) is 40.0 Å². The lowest BCUT2D eigenvalue weighted by Crippen LogP contribution is -2.19. The molecule has 0 aliphatic carbocycles. The summed E-state index contributed by atoms with van der Waals surface area (Å²) in [7, 11) is 4.09. The van der Waals surface area contributed by atoms with E-state index in [1.165, 1.54) is 5.56 Å². The minimum Gasteiger partial charge on any atom is -0.378 e. The third kappa shape index (κ3) is 3.57. The molecule has 5 rings (SSSR count). The normalized spacial score (nSPS) is 13.0. The quantitative estimate of drug-likeness (QED) is 0.479. The van der Waals surface area contributed by atoms with Gasteiger partial charge in [-0.15, -0.1) is 0 Å².